The van der Waals surface area contributed by atoms with Gasteiger partial charge in [-0.3, -0.25) is 0 Å². The molecule has 1 unspecified atom stereocenters. The lowest BCUT2D eigenvalue weighted by Crippen LogP contribution is -2.50. The van der Waals surface area contributed by atoms with Crippen LogP contribution < -0.4 is 5.32 Å². The molecule has 2 nitrogen and oxygen atoms in total. The van der Waals surface area contributed by atoms with Gasteiger partial charge in [0, 0.05) is 24.0 Å². The van der Waals surface area contributed by atoms with Crippen LogP contribution in [0, 0.1) is 0 Å². The number of benzene rings is 1. The zero-order valence-electron chi connectivity index (χ0n) is 13.5. The summed E-state index contributed by atoms with van der Waals surface area (Å²) in [6.07, 6.45) is 1.16. The lowest BCUT2D eigenvalue weighted by molar-refractivity contribution is 0.119. The Morgan fingerprint density at radius 3 is 2.16 bits per heavy atom. The van der Waals surface area contributed by atoms with Crippen molar-refractivity contribution in [2.24, 2.45) is 0 Å². The summed E-state index contributed by atoms with van der Waals surface area (Å²) in [6.45, 7) is 11.3. The Morgan fingerprint density at radius 2 is 1.68 bits per heavy atom. The van der Waals surface area contributed by atoms with Gasteiger partial charge >= 0.3 is 0 Å². The van der Waals surface area contributed by atoms with E-state index >= 15 is 0 Å². The summed E-state index contributed by atoms with van der Waals surface area (Å²) < 4.78 is 0. The van der Waals surface area contributed by atoms with E-state index in [2.05, 4.69) is 75.3 Å². The Bertz CT molecular complexity index is 372. The molecule has 1 N–H and O–H groups in total. The topological polar surface area (TPSA) is 15.3 Å². The molecule has 108 valence electrons. The smallest absolute Gasteiger partial charge is 0.0177 e. The van der Waals surface area contributed by atoms with Gasteiger partial charge in [-0.1, -0.05) is 44.2 Å². The summed E-state index contributed by atoms with van der Waals surface area (Å²) >= 11 is 0. The van der Waals surface area contributed by atoms with Crippen molar-refractivity contribution < 1.29 is 0 Å². The molecule has 0 saturated heterocycles. The number of nitrogens with one attached hydrogen (secondary N) is 1. The molecule has 2 heteroatoms. The predicted octanol–water partition coefficient (Wildman–Crippen LogP) is 3.28. The number of hydrogen-bond acceptors (Lipinski definition) is 2. The molecule has 0 aliphatic heterocycles. The lowest BCUT2D eigenvalue weighted by Gasteiger charge is -2.42. The van der Waals surface area contributed by atoms with Gasteiger partial charge < -0.3 is 10.2 Å². The third-order valence-corrected chi connectivity index (χ3v) is 4.52. The number of rotatable bonds is 7. The van der Waals surface area contributed by atoms with Gasteiger partial charge in [0.05, 0.1) is 0 Å². The molecular formula is C17H30N2. The van der Waals surface area contributed by atoms with Gasteiger partial charge in [0.2, 0.25) is 0 Å². The highest BCUT2D eigenvalue weighted by molar-refractivity contribution is 5.25. The van der Waals surface area contributed by atoms with Crippen molar-refractivity contribution in [2.45, 2.75) is 45.1 Å². The van der Waals surface area contributed by atoms with E-state index in [1.807, 2.05) is 7.05 Å². The first-order chi connectivity index (χ1) is 8.85. The van der Waals surface area contributed by atoms with Crippen LogP contribution in [0.4, 0.5) is 0 Å². The Balaban J connectivity index is 2.95. The van der Waals surface area contributed by atoms with Crippen molar-refractivity contribution in [3.05, 3.63) is 35.9 Å². The molecule has 0 amide bonds. The van der Waals surface area contributed by atoms with Gasteiger partial charge in [0.25, 0.3) is 0 Å². The molecular weight excluding hydrogens is 232 g/mol. The van der Waals surface area contributed by atoms with Gasteiger partial charge in [-0.15, -0.1) is 0 Å². The average molecular weight is 262 g/mol. The highest BCUT2D eigenvalue weighted by Gasteiger charge is 2.32. The van der Waals surface area contributed by atoms with Crippen molar-refractivity contribution >= 4 is 0 Å². The van der Waals surface area contributed by atoms with E-state index in [-0.39, 0.29) is 11.0 Å². The van der Waals surface area contributed by atoms with Crippen molar-refractivity contribution in [1.29, 1.82) is 0 Å². The van der Waals surface area contributed by atoms with E-state index in [1.165, 1.54) is 5.56 Å². The van der Waals surface area contributed by atoms with Crippen LogP contribution in [0.15, 0.2) is 30.3 Å². The first-order valence-corrected chi connectivity index (χ1v) is 7.27. The van der Waals surface area contributed by atoms with Gasteiger partial charge in [0.1, 0.15) is 0 Å². The summed E-state index contributed by atoms with van der Waals surface area (Å²) in [5.41, 5.74) is 1.78. The lowest BCUT2D eigenvalue weighted by atomic mass is 9.80. The zero-order chi connectivity index (χ0) is 14.5. The van der Waals surface area contributed by atoms with Gasteiger partial charge in [-0.05, 0) is 39.9 Å². The molecule has 1 aromatic rings. The Morgan fingerprint density at radius 1 is 1.11 bits per heavy atom. The van der Waals surface area contributed by atoms with E-state index in [0.29, 0.717) is 0 Å². The molecule has 0 bridgehead atoms. The van der Waals surface area contributed by atoms with Crippen molar-refractivity contribution in [3.63, 3.8) is 0 Å². The van der Waals surface area contributed by atoms with Crippen LogP contribution in [0.1, 0.15) is 39.7 Å². The number of nitrogens with zero attached hydrogens (tertiary/aromatic N) is 1. The van der Waals surface area contributed by atoms with Crippen LogP contribution in [0.3, 0.4) is 0 Å². The maximum Gasteiger partial charge on any atom is 0.0177 e. The van der Waals surface area contributed by atoms with E-state index in [0.717, 1.165) is 19.5 Å². The molecule has 19 heavy (non-hydrogen) atoms. The molecule has 0 saturated carbocycles. The second-order valence-electron chi connectivity index (χ2n) is 6.48. The minimum Gasteiger partial charge on any atom is -0.319 e. The van der Waals surface area contributed by atoms with Gasteiger partial charge in [-0.2, -0.15) is 0 Å². The fraction of sp³-hybridized carbons (Fsp3) is 0.647. The third kappa shape index (κ3) is 4.05. The predicted molar refractivity (Wildman–Crippen MR) is 84.7 cm³/mol. The first-order valence-electron chi connectivity index (χ1n) is 7.27. The highest BCUT2D eigenvalue weighted by Crippen LogP contribution is 2.27. The normalized spacial score (nSPS) is 15.5. The number of hydrogen-bond donors (Lipinski definition) is 1. The summed E-state index contributed by atoms with van der Waals surface area (Å²) in [4.78, 5) is 2.48. The summed E-state index contributed by atoms with van der Waals surface area (Å²) in [5.74, 6) is 0. The van der Waals surface area contributed by atoms with E-state index in [1.54, 1.807) is 0 Å². The molecule has 0 aliphatic carbocycles. The molecule has 0 radical (unpaired) electrons. The van der Waals surface area contributed by atoms with E-state index in [9.17, 15) is 0 Å². The molecule has 1 atom stereocenters. The Labute approximate surface area is 119 Å². The summed E-state index contributed by atoms with van der Waals surface area (Å²) in [7, 11) is 4.27. The molecule has 0 spiro atoms. The first kappa shape index (κ1) is 16.2. The maximum atomic E-state index is 3.35. The minimum atomic E-state index is 0.136. The van der Waals surface area contributed by atoms with E-state index < -0.39 is 0 Å². The summed E-state index contributed by atoms with van der Waals surface area (Å²) in [5, 5.41) is 3.35. The molecule has 0 aromatic heterocycles. The van der Waals surface area contributed by atoms with Crippen LogP contribution in [0.5, 0.6) is 0 Å². The SMILES string of the molecule is CCC(C)(C)N(C)CC(C)(CNC)c1ccccc1. The summed E-state index contributed by atoms with van der Waals surface area (Å²) in [6, 6.07) is 10.8. The highest BCUT2D eigenvalue weighted by atomic mass is 15.2. The van der Waals surface area contributed by atoms with Crippen LogP contribution in [0.25, 0.3) is 0 Å². The zero-order valence-corrected chi connectivity index (χ0v) is 13.5. The van der Waals surface area contributed by atoms with E-state index in [4.69, 9.17) is 0 Å². The van der Waals surface area contributed by atoms with Crippen LogP contribution in [0.2, 0.25) is 0 Å². The van der Waals surface area contributed by atoms with Crippen molar-refractivity contribution in [2.75, 3.05) is 27.2 Å². The van der Waals surface area contributed by atoms with Crippen LogP contribution in [-0.4, -0.2) is 37.6 Å². The second kappa shape index (κ2) is 6.53. The van der Waals surface area contributed by atoms with Gasteiger partial charge in [0.15, 0.2) is 0 Å². The standard InChI is InChI=1S/C17H30N2/c1-7-16(2,3)19(6)14-17(4,13-18-5)15-11-9-8-10-12-15/h8-12,18H,7,13-14H2,1-6H3. The second-order valence-corrected chi connectivity index (χ2v) is 6.48. The minimum absolute atomic E-state index is 0.136. The fourth-order valence-corrected chi connectivity index (χ4v) is 2.49. The Hall–Kier alpha value is -0.860. The Kier molecular flexibility index (Phi) is 5.57. The molecule has 1 rings (SSSR count). The monoisotopic (exact) mass is 262 g/mol. The largest absolute Gasteiger partial charge is 0.319 e. The van der Waals surface area contributed by atoms with Crippen LogP contribution in [-0.2, 0) is 5.41 Å². The molecule has 0 aliphatic rings. The number of likely N-dealkylation sites (N-methyl/N-ethyl adjacent to an activating group) is 2. The molecule has 0 heterocycles. The maximum absolute atomic E-state index is 3.35. The molecule has 0 fully saturated rings. The fourth-order valence-electron chi connectivity index (χ4n) is 2.49. The van der Waals surface area contributed by atoms with Gasteiger partial charge in [-0.25, -0.2) is 0 Å². The average Bonchev–Trinajstić information content (AvgIpc) is 2.40. The van der Waals surface area contributed by atoms with Crippen LogP contribution >= 0.6 is 0 Å². The third-order valence-electron chi connectivity index (χ3n) is 4.52. The molecule has 1 aromatic carbocycles. The quantitative estimate of drug-likeness (QED) is 0.811. The van der Waals surface area contributed by atoms with Crippen molar-refractivity contribution in [3.8, 4) is 0 Å². The van der Waals surface area contributed by atoms with Crippen molar-refractivity contribution in [1.82, 2.24) is 10.2 Å².